The molecule has 0 radical (unpaired) electrons. The third-order valence-electron chi connectivity index (χ3n) is 2.39. The number of aliphatic imine (C=N–C) groups is 1. The Morgan fingerprint density at radius 1 is 1.20 bits per heavy atom. The van der Waals surface area contributed by atoms with Crippen LogP contribution >= 0.6 is 0 Å². The standard InChI is InChI=1S/C11H10N2O2/c1-2-4-10-9(3-1)7-11(15-14-10)13-6-5-12-8-13/h1-4,7-8H,5-6H2. The van der Waals surface area contributed by atoms with Crippen LogP contribution in [0.3, 0.4) is 0 Å². The van der Waals surface area contributed by atoms with Crippen molar-refractivity contribution in [3.8, 4) is 5.75 Å². The molecule has 4 heteroatoms. The van der Waals surface area contributed by atoms with Crippen molar-refractivity contribution >= 4 is 12.4 Å². The van der Waals surface area contributed by atoms with E-state index in [2.05, 4.69) is 4.99 Å². The molecular formula is C11H10N2O2. The highest BCUT2D eigenvalue weighted by molar-refractivity contribution is 5.66. The summed E-state index contributed by atoms with van der Waals surface area (Å²) in [4.78, 5) is 16.4. The van der Waals surface area contributed by atoms with Gasteiger partial charge in [-0.25, -0.2) is 0 Å². The Morgan fingerprint density at radius 3 is 3.00 bits per heavy atom. The Kier molecular flexibility index (Phi) is 1.84. The lowest BCUT2D eigenvalue weighted by atomic mass is 10.2. The van der Waals surface area contributed by atoms with Crippen LogP contribution in [0.2, 0.25) is 0 Å². The van der Waals surface area contributed by atoms with Gasteiger partial charge in [-0.15, -0.1) is 0 Å². The van der Waals surface area contributed by atoms with E-state index in [0.717, 1.165) is 24.4 Å². The van der Waals surface area contributed by atoms with Crippen molar-refractivity contribution < 1.29 is 9.78 Å². The highest BCUT2D eigenvalue weighted by Crippen LogP contribution is 2.27. The molecule has 0 atom stereocenters. The summed E-state index contributed by atoms with van der Waals surface area (Å²) in [7, 11) is 0. The van der Waals surface area contributed by atoms with Crippen LogP contribution in [-0.4, -0.2) is 24.3 Å². The van der Waals surface area contributed by atoms with E-state index in [1.807, 2.05) is 35.2 Å². The summed E-state index contributed by atoms with van der Waals surface area (Å²) in [6.07, 6.45) is 3.72. The van der Waals surface area contributed by atoms with Crippen molar-refractivity contribution in [3.63, 3.8) is 0 Å². The van der Waals surface area contributed by atoms with Gasteiger partial charge < -0.3 is 0 Å². The fourth-order valence-electron chi connectivity index (χ4n) is 1.60. The van der Waals surface area contributed by atoms with Gasteiger partial charge in [0, 0.05) is 18.2 Å². The number of hydrogen-bond acceptors (Lipinski definition) is 4. The summed E-state index contributed by atoms with van der Waals surface area (Å²) in [5.41, 5.74) is 1.03. The van der Waals surface area contributed by atoms with Crippen molar-refractivity contribution in [1.29, 1.82) is 0 Å². The highest BCUT2D eigenvalue weighted by atomic mass is 17.2. The van der Waals surface area contributed by atoms with E-state index < -0.39 is 0 Å². The van der Waals surface area contributed by atoms with E-state index in [4.69, 9.17) is 9.78 Å². The van der Waals surface area contributed by atoms with Gasteiger partial charge in [0.25, 0.3) is 5.88 Å². The predicted octanol–water partition coefficient (Wildman–Crippen LogP) is 1.65. The molecule has 15 heavy (non-hydrogen) atoms. The maximum absolute atomic E-state index is 5.18. The van der Waals surface area contributed by atoms with Crippen LogP contribution < -0.4 is 4.89 Å². The van der Waals surface area contributed by atoms with Crippen LogP contribution in [0.4, 0.5) is 0 Å². The Bertz CT molecular complexity index is 440. The molecule has 76 valence electrons. The maximum atomic E-state index is 5.18. The Hall–Kier alpha value is -1.97. The lowest BCUT2D eigenvalue weighted by molar-refractivity contribution is -0.184. The Balaban J connectivity index is 1.94. The molecule has 0 amide bonds. The van der Waals surface area contributed by atoms with Gasteiger partial charge in [0.1, 0.15) is 0 Å². The molecule has 2 aliphatic heterocycles. The average Bonchev–Trinajstić information content (AvgIpc) is 2.82. The molecule has 0 unspecified atom stereocenters. The first-order chi connectivity index (χ1) is 7.43. The summed E-state index contributed by atoms with van der Waals surface area (Å²) in [5, 5.41) is 0. The molecule has 2 heterocycles. The third-order valence-corrected chi connectivity index (χ3v) is 2.39. The number of hydrogen-bond donors (Lipinski definition) is 0. The zero-order chi connectivity index (χ0) is 10.1. The second kappa shape index (κ2) is 3.31. The van der Waals surface area contributed by atoms with E-state index in [1.165, 1.54) is 0 Å². The fourth-order valence-corrected chi connectivity index (χ4v) is 1.60. The first-order valence-corrected chi connectivity index (χ1v) is 4.85. The largest absolute Gasteiger partial charge is 0.298 e. The summed E-state index contributed by atoms with van der Waals surface area (Å²) < 4.78 is 0. The van der Waals surface area contributed by atoms with Gasteiger partial charge in [0.2, 0.25) is 0 Å². The van der Waals surface area contributed by atoms with Gasteiger partial charge in [0.05, 0.1) is 12.9 Å². The molecule has 0 spiro atoms. The van der Waals surface area contributed by atoms with Gasteiger partial charge >= 0.3 is 0 Å². The van der Waals surface area contributed by atoms with Gasteiger partial charge in [-0.2, -0.15) is 0 Å². The molecule has 1 aromatic rings. The number of benzene rings is 1. The van der Waals surface area contributed by atoms with Crippen LogP contribution in [0, 0.1) is 0 Å². The maximum Gasteiger partial charge on any atom is 0.252 e. The van der Waals surface area contributed by atoms with Crippen LogP contribution in [-0.2, 0) is 4.89 Å². The Labute approximate surface area is 87.4 Å². The molecular weight excluding hydrogens is 192 g/mol. The van der Waals surface area contributed by atoms with Crippen LogP contribution in [0.5, 0.6) is 5.75 Å². The summed E-state index contributed by atoms with van der Waals surface area (Å²) in [6.45, 7) is 1.65. The van der Waals surface area contributed by atoms with Crippen LogP contribution in [0.25, 0.3) is 6.08 Å². The highest BCUT2D eigenvalue weighted by Gasteiger charge is 2.19. The average molecular weight is 202 g/mol. The van der Waals surface area contributed by atoms with Crippen molar-refractivity contribution in [2.75, 3.05) is 13.1 Å². The van der Waals surface area contributed by atoms with Crippen molar-refractivity contribution in [2.45, 2.75) is 0 Å². The molecule has 0 bridgehead atoms. The zero-order valence-corrected chi connectivity index (χ0v) is 8.09. The minimum atomic E-state index is 0.690. The predicted molar refractivity (Wildman–Crippen MR) is 56.2 cm³/mol. The first-order valence-electron chi connectivity index (χ1n) is 4.85. The topological polar surface area (TPSA) is 34.1 Å². The molecule has 0 saturated carbocycles. The fraction of sp³-hybridized carbons (Fsp3) is 0.182. The van der Waals surface area contributed by atoms with Gasteiger partial charge in [-0.3, -0.25) is 19.7 Å². The van der Waals surface area contributed by atoms with E-state index in [9.17, 15) is 0 Å². The lowest BCUT2D eigenvalue weighted by Gasteiger charge is -2.21. The SMILES string of the molecule is C1=NCCN1C1=Cc2ccccc2OO1. The second-order valence-electron chi connectivity index (χ2n) is 3.40. The van der Waals surface area contributed by atoms with Crippen molar-refractivity contribution in [1.82, 2.24) is 4.90 Å². The second-order valence-corrected chi connectivity index (χ2v) is 3.40. The molecule has 0 N–H and O–H groups in total. The monoisotopic (exact) mass is 202 g/mol. The summed E-state index contributed by atoms with van der Waals surface area (Å²) in [6, 6.07) is 7.75. The van der Waals surface area contributed by atoms with Crippen LogP contribution in [0.1, 0.15) is 5.56 Å². The molecule has 1 aromatic carbocycles. The van der Waals surface area contributed by atoms with Crippen molar-refractivity contribution in [2.24, 2.45) is 4.99 Å². The normalized spacial score (nSPS) is 17.9. The molecule has 3 rings (SSSR count). The van der Waals surface area contributed by atoms with E-state index in [1.54, 1.807) is 6.34 Å². The quantitative estimate of drug-likeness (QED) is 0.649. The molecule has 0 saturated heterocycles. The first kappa shape index (κ1) is 8.35. The Morgan fingerprint density at radius 2 is 2.13 bits per heavy atom. The number of nitrogens with zero attached hydrogens (tertiary/aromatic N) is 2. The van der Waals surface area contributed by atoms with Crippen LogP contribution in [0.15, 0.2) is 35.1 Å². The lowest BCUT2D eigenvalue weighted by Crippen LogP contribution is -2.23. The summed E-state index contributed by atoms with van der Waals surface area (Å²) >= 11 is 0. The number of fused-ring (bicyclic) bond motifs is 1. The molecule has 0 fully saturated rings. The number of para-hydroxylation sites is 1. The van der Waals surface area contributed by atoms with Gasteiger partial charge in [0.15, 0.2) is 5.75 Å². The molecule has 0 aromatic heterocycles. The molecule has 4 nitrogen and oxygen atoms in total. The van der Waals surface area contributed by atoms with E-state index in [0.29, 0.717) is 5.88 Å². The molecule has 2 aliphatic rings. The molecule has 0 aliphatic carbocycles. The van der Waals surface area contributed by atoms with Gasteiger partial charge in [-0.05, 0) is 6.07 Å². The minimum absolute atomic E-state index is 0.690. The third kappa shape index (κ3) is 1.44. The van der Waals surface area contributed by atoms with E-state index >= 15 is 0 Å². The number of rotatable bonds is 1. The van der Waals surface area contributed by atoms with E-state index in [-0.39, 0.29) is 0 Å². The summed E-state index contributed by atoms with van der Waals surface area (Å²) in [5.74, 6) is 1.44. The van der Waals surface area contributed by atoms with Crippen molar-refractivity contribution in [3.05, 3.63) is 35.7 Å². The van der Waals surface area contributed by atoms with Gasteiger partial charge in [-0.1, -0.05) is 18.2 Å². The minimum Gasteiger partial charge on any atom is -0.298 e. The smallest absolute Gasteiger partial charge is 0.252 e. The zero-order valence-electron chi connectivity index (χ0n) is 8.09.